The smallest absolute Gasteiger partial charge is 0.284 e. The van der Waals surface area contributed by atoms with Gasteiger partial charge in [0.05, 0.1) is 29.9 Å². The molecule has 9 nitrogen and oxygen atoms in total. The number of likely N-dealkylation sites (tertiary alicyclic amines) is 1. The van der Waals surface area contributed by atoms with E-state index in [1.165, 1.54) is 27.9 Å². The van der Waals surface area contributed by atoms with Crippen LogP contribution in [0.5, 0.6) is 0 Å². The monoisotopic (exact) mass is 517 g/mol. The highest BCUT2D eigenvalue weighted by Crippen LogP contribution is 2.40. The van der Waals surface area contributed by atoms with Crippen LogP contribution < -0.4 is 10.9 Å². The maximum absolute atomic E-state index is 14.2. The Kier molecular flexibility index (Phi) is 5.36. The third-order valence-electron chi connectivity index (χ3n) is 7.62. The van der Waals surface area contributed by atoms with Crippen molar-refractivity contribution >= 4 is 16.9 Å². The van der Waals surface area contributed by atoms with Crippen molar-refractivity contribution in [3.05, 3.63) is 69.8 Å². The zero-order valence-electron chi connectivity index (χ0n) is 20.5. The van der Waals surface area contributed by atoms with E-state index in [1.807, 2.05) is 6.07 Å². The third-order valence-corrected chi connectivity index (χ3v) is 7.62. The lowest BCUT2D eigenvalue weighted by Gasteiger charge is -2.34. The van der Waals surface area contributed by atoms with Crippen LogP contribution in [0.2, 0.25) is 0 Å². The number of aromatic nitrogens is 5. The number of alkyl halides is 1. The Morgan fingerprint density at radius 1 is 1.05 bits per heavy atom. The Labute approximate surface area is 215 Å². The van der Waals surface area contributed by atoms with Crippen molar-refractivity contribution < 1.29 is 13.6 Å². The molecule has 3 aromatic heterocycles. The summed E-state index contributed by atoms with van der Waals surface area (Å²) in [7, 11) is 0. The predicted molar refractivity (Wildman–Crippen MR) is 136 cm³/mol. The van der Waals surface area contributed by atoms with Gasteiger partial charge in [-0.15, -0.1) is 0 Å². The second-order valence-electron chi connectivity index (χ2n) is 10.3. The van der Waals surface area contributed by atoms with Crippen molar-refractivity contribution in [1.82, 2.24) is 34.7 Å². The van der Waals surface area contributed by atoms with E-state index in [-0.39, 0.29) is 36.1 Å². The van der Waals surface area contributed by atoms with Gasteiger partial charge in [0.2, 0.25) is 5.95 Å². The van der Waals surface area contributed by atoms with Crippen LogP contribution in [0.15, 0.2) is 41.5 Å². The fourth-order valence-electron chi connectivity index (χ4n) is 5.27. The van der Waals surface area contributed by atoms with Crippen molar-refractivity contribution in [3.8, 4) is 17.2 Å². The first-order valence-electron chi connectivity index (χ1n) is 12.9. The van der Waals surface area contributed by atoms with Crippen LogP contribution in [-0.4, -0.2) is 67.7 Å². The Bertz CT molecular complexity index is 1630. The minimum atomic E-state index is -1.07. The summed E-state index contributed by atoms with van der Waals surface area (Å²) in [6.45, 7) is 1.74. The molecule has 1 amide bonds. The van der Waals surface area contributed by atoms with Crippen LogP contribution in [0.3, 0.4) is 0 Å². The van der Waals surface area contributed by atoms with Crippen molar-refractivity contribution in [2.24, 2.45) is 0 Å². The van der Waals surface area contributed by atoms with Crippen LogP contribution >= 0.6 is 0 Å². The van der Waals surface area contributed by atoms with Crippen molar-refractivity contribution in [3.63, 3.8) is 0 Å². The van der Waals surface area contributed by atoms with Gasteiger partial charge in [0.15, 0.2) is 0 Å². The van der Waals surface area contributed by atoms with E-state index < -0.39 is 17.9 Å². The number of benzene rings is 1. The van der Waals surface area contributed by atoms with Gasteiger partial charge in [-0.3, -0.25) is 9.59 Å². The highest BCUT2D eigenvalue weighted by atomic mass is 19.1. The molecule has 2 aliphatic heterocycles. The standard InChI is InChI=1S/C27H25F2N7O2/c28-16-3-4-18(19(7-16)25(37)35-11-17(29)12-35)22-8-20(14-1-2-14)33-27(34-22)36-13-31-23-9-21(15-5-6-30-10-15)32-24(23)26(36)38/h3-4,7-9,13-15,17,30,32H,1-2,5-6,10-12H2. The zero-order chi connectivity index (χ0) is 26.0. The number of halogens is 2. The van der Waals surface area contributed by atoms with E-state index in [0.29, 0.717) is 28.2 Å². The minimum Gasteiger partial charge on any atom is -0.352 e. The Morgan fingerprint density at radius 2 is 1.89 bits per heavy atom. The maximum atomic E-state index is 14.2. The van der Waals surface area contributed by atoms with Crippen LogP contribution in [0.25, 0.3) is 28.2 Å². The molecule has 0 spiro atoms. The molecule has 38 heavy (non-hydrogen) atoms. The summed E-state index contributed by atoms with van der Waals surface area (Å²) >= 11 is 0. The predicted octanol–water partition coefficient (Wildman–Crippen LogP) is 3.06. The lowest BCUT2D eigenvalue weighted by Crippen LogP contribution is -2.51. The van der Waals surface area contributed by atoms with Gasteiger partial charge in [-0.05, 0) is 56.1 Å². The summed E-state index contributed by atoms with van der Waals surface area (Å²) in [4.78, 5) is 45.1. The van der Waals surface area contributed by atoms with Gasteiger partial charge in [-0.25, -0.2) is 28.3 Å². The fraction of sp³-hybridized carbons (Fsp3) is 0.370. The molecule has 2 saturated heterocycles. The number of hydrogen-bond donors (Lipinski definition) is 2. The molecule has 11 heteroatoms. The van der Waals surface area contributed by atoms with Crippen molar-refractivity contribution in [2.45, 2.75) is 37.3 Å². The number of rotatable bonds is 5. The molecule has 1 saturated carbocycles. The van der Waals surface area contributed by atoms with E-state index in [1.54, 1.807) is 6.07 Å². The molecule has 1 aliphatic carbocycles. The van der Waals surface area contributed by atoms with Gasteiger partial charge in [0.1, 0.15) is 23.8 Å². The Balaban J connectivity index is 1.34. The molecule has 1 atom stereocenters. The molecule has 1 aromatic carbocycles. The molecule has 3 aliphatic rings. The summed E-state index contributed by atoms with van der Waals surface area (Å²) in [6.07, 6.45) is 3.25. The van der Waals surface area contributed by atoms with E-state index in [0.717, 1.165) is 49.8 Å². The average molecular weight is 518 g/mol. The lowest BCUT2D eigenvalue weighted by molar-refractivity contribution is 0.0400. The number of hydrogen-bond acceptors (Lipinski definition) is 6. The van der Waals surface area contributed by atoms with E-state index in [9.17, 15) is 18.4 Å². The van der Waals surface area contributed by atoms with Gasteiger partial charge >= 0.3 is 0 Å². The molecule has 0 bridgehead atoms. The lowest BCUT2D eigenvalue weighted by atomic mass is 10.00. The number of amides is 1. The summed E-state index contributed by atoms with van der Waals surface area (Å²) in [6, 6.07) is 7.61. The van der Waals surface area contributed by atoms with Gasteiger partial charge in [-0.2, -0.15) is 0 Å². The fourth-order valence-corrected chi connectivity index (χ4v) is 5.27. The van der Waals surface area contributed by atoms with Crippen LogP contribution in [0.1, 0.15) is 52.8 Å². The first-order valence-corrected chi connectivity index (χ1v) is 12.9. The van der Waals surface area contributed by atoms with Crippen LogP contribution in [-0.2, 0) is 0 Å². The van der Waals surface area contributed by atoms with Crippen LogP contribution in [0, 0.1) is 5.82 Å². The van der Waals surface area contributed by atoms with Gasteiger partial charge < -0.3 is 15.2 Å². The Morgan fingerprint density at radius 3 is 2.63 bits per heavy atom. The molecule has 1 unspecified atom stereocenters. The number of fused-ring (bicyclic) bond motifs is 1. The summed E-state index contributed by atoms with van der Waals surface area (Å²) in [5.41, 5.74) is 3.26. The van der Waals surface area contributed by atoms with E-state index >= 15 is 0 Å². The van der Waals surface area contributed by atoms with Gasteiger partial charge in [0, 0.05) is 35.3 Å². The molecule has 0 radical (unpaired) electrons. The number of carbonyl (C=O) groups is 1. The summed E-state index contributed by atoms with van der Waals surface area (Å²) < 4.78 is 29.0. The van der Waals surface area contributed by atoms with E-state index in [2.05, 4.69) is 25.3 Å². The molecule has 2 N–H and O–H groups in total. The molecule has 4 aromatic rings. The highest BCUT2D eigenvalue weighted by molar-refractivity contribution is 6.01. The first-order chi connectivity index (χ1) is 18.4. The second kappa shape index (κ2) is 8.80. The number of nitrogens with one attached hydrogen (secondary N) is 2. The average Bonchev–Trinajstić information content (AvgIpc) is 3.42. The second-order valence-corrected chi connectivity index (χ2v) is 10.3. The first kappa shape index (κ1) is 23.2. The SMILES string of the molecule is O=C(c1cc(F)ccc1-c1cc(C2CC2)nc(-n2cnc3cc(C4CCNC4)[nH]c3c2=O)n1)N1CC(F)C1. The molecule has 3 fully saturated rings. The van der Waals surface area contributed by atoms with E-state index in [4.69, 9.17) is 0 Å². The minimum absolute atomic E-state index is 0.0206. The summed E-state index contributed by atoms with van der Waals surface area (Å²) in [5, 5.41) is 3.33. The number of H-pyrrole nitrogens is 1. The van der Waals surface area contributed by atoms with Gasteiger partial charge in [0.25, 0.3) is 11.5 Å². The Hall–Kier alpha value is -3.99. The normalized spacial score (nSPS) is 19.7. The number of nitrogens with zero attached hydrogens (tertiary/aromatic N) is 5. The third kappa shape index (κ3) is 3.97. The highest BCUT2D eigenvalue weighted by Gasteiger charge is 2.33. The van der Waals surface area contributed by atoms with Gasteiger partial charge in [-0.1, -0.05) is 0 Å². The summed E-state index contributed by atoms with van der Waals surface area (Å²) in [5.74, 6) is -0.374. The number of aromatic amines is 1. The molecular weight excluding hydrogens is 492 g/mol. The zero-order valence-corrected chi connectivity index (χ0v) is 20.5. The quantitative estimate of drug-likeness (QED) is 0.421. The van der Waals surface area contributed by atoms with Crippen LogP contribution in [0.4, 0.5) is 8.78 Å². The molecule has 194 valence electrons. The van der Waals surface area contributed by atoms with Crippen molar-refractivity contribution in [1.29, 1.82) is 0 Å². The molecular formula is C27H25F2N7O2. The molecule has 7 rings (SSSR count). The number of carbonyl (C=O) groups excluding carboxylic acids is 1. The molecule has 5 heterocycles. The topological polar surface area (TPSA) is 109 Å². The van der Waals surface area contributed by atoms with Crippen molar-refractivity contribution in [2.75, 3.05) is 26.2 Å². The maximum Gasteiger partial charge on any atom is 0.284 e. The largest absolute Gasteiger partial charge is 0.352 e.